The summed E-state index contributed by atoms with van der Waals surface area (Å²) in [6, 6.07) is 6.34. The van der Waals surface area contributed by atoms with E-state index in [1.165, 1.54) is 31.2 Å². The molecule has 2 fully saturated rings. The summed E-state index contributed by atoms with van der Waals surface area (Å²) in [6.45, 7) is 7.48. The molecule has 2 aliphatic rings. The highest BCUT2D eigenvalue weighted by Crippen LogP contribution is 2.27. The highest BCUT2D eigenvalue weighted by atomic mass is 35.5. The lowest BCUT2D eigenvalue weighted by Crippen LogP contribution is -2.54. The molecule has 25 heavy (non-hydrogen) atoms. The minimum absolute atomic E-state index is 0.259. The van der Waals surface area contributed by atoms with E-state index in [-0.39, 0.29) is 6.10 Å². The second kappa shape index (κ2) is 9.22. The van der Waals surface area contributed by atoms with Crippen molar-refractivity contribution in [3.63, 3.8) is 0 Å². The summed E-state index contributed by atoms with van der Waals surface area (Å²) < 4.78 is 5.50. The number of piperidine rings is 1. The molecule has 2 aliphatic heterocycles. The van der Waals surface area contributed by atoms with Gasteiger partial charge in [-0.25, -0.2) is 0 Å². The van der Waals surface area contributed by atoms with Crippen molar-refractivity contribution in [3.8, 4) is 5.75 Å². The molecule has 0 bridgehead atoms. The summed E-state index contributed by atoms with van der Waals surface area (Å²) in [6.07, 6.45) is 6.01. The summed E-state index contributed by atoms with van der Waals surface area (Å²) in [5.41, 5.74) is 1.17. The molecule has 0 saturated carbocycles. The molecular weight excluding hydrogens is 336 g/mol. The fourth-order valence-electron chi connectivity index (χ4n) is 4.15. The Hall–Kier alpha value is -0.810. The van der Waals surface area contributed by atoms with Crippen molar-refractivity contribution in [3.05, 3.63) is 28.8 Å². The first-order valence-corrected chi connectivity index (χ1v) is 10.1. The molecule has 4 nitrogen and oxygen atoms in total. The van der Waals surface area contributed by atoms with E-state index in [0.717, 1.165) is 44.9 Å². The second-order valence-corrected chi connectivity index (χ2v) is 7.71. The average Bonchev–Trinajstić information content (AvgIpc) is 2.87. The van der Waals surface area contributed by atoms with E-state index in [2.05, 4.69) is 15.9 Å². The Morgan fingerprint density at radius 1 is 1.16 bits per heavy atom. The third-order valence-corrected chi connectivity index (χ3v) is 5.74. The molecule has 140 valence electrons. The third-order valence-electron chi connectivity index (χ3n) is 5.44. The van der Waals surface area contributed by atoms with Gasteiger partial charge in [0.1, 0.15) is 5.75 Å². The van der Waals surface area contributed by atoms with Gasteiger partial charge in [0.15, 0.2) is 0 Å². The van der Waals surface area contributed by atoms with Gasteiger partial charge in [-0.2, -0.15) is 0 Å². The third kappa shape index (κ3) is 5.10. The molecular formula is C20H31ClN2O2. The Kier molecular flexibility index (Phi) is 7.00. The largest absolute Gasteiger partial charge is 0.492 e. The molecule has 0 unspecified atom stereocenters. The van der Waals surface area contributed by atoms with Crippen LogP contribution in [0.2, 0.25) is 5.02 Å². The number of benzene rings is 1. The number of rotatable bonds is 5. The van der Waals surface area contributed by atoms with Crippen LogP contribution in [0.15, 0.2) is 18.2 Å². The van der Waals surface area contributed by atoms with Crippen LogP contribution in [0.3, 0.4) is 0 Å². The molecule has 0 radical (unpaired) electrons. The van der Waals surface area contributed by atoms with Gasteiger partial charge < -0.3 is 9.84 Å². The first-order chi connectivity index (χ1) is 12.2. The van der Waals surface area contributed by atoms with Gasteiger partial charge in [0.2, 0.25) is 0 Å². The van der Waals surface area contributed by atoms with Crippen LogP contribution in [0, 0.1) is 0 Å². The zero-order valence-corrected chi connectivity index (χ0v) is 16.0. The predicted molar refractivity (Wildman–Crippen MR) is 102 cm³/mol. The van der Waals surface area contributed by atoms with Crippen molar-refractivity contribution in [2.24, 2.45) is 0 Å². The first kappa shape index (κ1) is 19.0. The summed E-state index contributed by atoms with van der Waals surface area (Å²) in [5, 5.41) is 11.4. The van der Waals surface area contributed by atoms with Gasteiger partial charge >= 0.3 is 0 Å². The first-order valence-electron chi connectivity index (χ1n) is 9.73. The van der Waals surface area contributed by atoms with Gasteiger partial charge in [-0.1, -0.05) is 30.5 Å². The number of hydrogen-bond donors (Lipinski definition) is 1. The minimum atomic E-state index is -0.259. The van der Waals surface area contributed by atoms with Gasteiger partial charge in [0.25, 0.3) is 0 Å². The molecule has 1 N–H and O–H groups in total. The molecule has 2 heterocycles. The van der Waals surface area contributed by atoms with Crippen LogP contribution < -0.4 is 4.74 Å². The molecule has 3 rings (SSSR count). The number of hydrogen-bond acceptors (Lipinski definition) is 4. The number of β-amino-alcohol motifs (C(OH)–C–C–N with tert-alkyl or cyclic N) is 1. The van der Waals surface area contributed by atoms with E-state index in [1.54, 1.807) is 0 Å². The summed E-state index contributed by atoms with van der Waals surface area (Å²) in [4.78, 5) is 4.87. The normalized spacial score (nSPS) is 26.4. The zero-order valence-electron chi connectivity index (χ0n) is 15.3. The van der Waals surface area contributed by atoms with E-state index in [0.29, 0.717) is 17.7 Å². The van der Waals surface area contributed by atoms with Crippen LogP contribution in [-0.2, 0) is 6.54 Å². The quantitative estimate of drug-likeness (QED) is 0.864. The van der Waals surface area contributed by atoms with Crippen LogP contribution in [-0.4, -0.2) is 59.8 Å². The molecule has 0 spiro atoms. The van der Waals surface area contributed by atoms with E-state index in [1.807, 2.05) is 19.1 Å². The molecule has 0 aliphatic carbocycles. The number of halogens is 1. The lowest BCUT2D eigenvalue weighted by Gasteiger charge is -2.41. The number of aliphatic hydroxyl groups excluding tert-OH is 1. The molecule has 0 aromatic heterocycles. The lowest BCUT2D eigenvalue weighted by atomic mass is 9.99. The van der Waals surface area contributed by atoms with Gasteiger partial charge in [0, 0.05) is 25.7 Å². The predicted octanol–water partition coefficient (Wildman–Crippen LogP) is 3.55. The van der Waals surface area contributed by atoms with Gasteiger partial charge in [-0.15, -0.1) is 0 Å². The standard InChI is InChI=1S/C20H31ClN2O2/c1-2-25-20-8-7-16(13-17(20)21)14-22-12-9-18(19(24)15-22)23-10-5-3-4-6-11-23/h7-8,13,18-19,24H,2-6,9-12,14-15H2,1H3/t18-,19-/m1/s1. The minimum Gasteiger partial charge on any atom is -0.492 e. The van der Waals surface area contributed by atoms with Gasteiger partial charge in [-0.3, -0.25) is 9.80 Å². The van der Waals surface area contributed by atoms with Crippen molar-refractivity contribution in [2.45, 2.75) is 57.7 Å². The monoisotopic (exact) mass is 366 g/mol. The van der Waals surface area contributed by atoms with Crippen LogP contribution in [0.25, 0.3) is 0 Å². The Morgan fingerprint density at radius 3 is 2.56 bits per heavy atom. The van der Waals surface area contributed by atoms with E-state index >= 15 is 0 Å². The maximum absolute atomic E-state index is 10.7. The summed E-state index contributed by atoms with van der Waals surface area (Å²) in [5.74, 6) is 0.743. The summed E-state index contributed by atoms with van der Waals surface area (Å²) >= 11 is 6.30. The van der Waals surface area contributed by atoms with Crippen molar-refractivity contribution >= 4 is 11.6 Å². The Labute approximate surface area is 156 Å². The highest BCUT2D eigenvalue weighted by Gasteiger charge is 2.32. The van der Waals surface area contributed by atoms with Crippen molar-refractivity contribution in [2.75, 3.05) is 32.8 Å². The van der Waals surface area contributed by atoms with Crippen molar-refractivity contribution in [1.29, 1.82) is 0 Å². The average molecular weight is 367 g/mol. The fraction of sp³-hybridized carbons (Fsp3) is 0.700. The van der Waals surface area contributed by atoms with Gasteiger partial charge in [-0.05, 0) is 57.0 Å². The molecule has 1 aromatic carbocycles. The fourth-order valence-corrected chi connectivity index (χ4v) is 4.41. The van der Waals surface area contributed by atoms with E-state index in [4.69, 9.17) is 16.3 Å². The maximum atomic E-state index is 10.7. The Balaban J connectivity index is 1.55. The zero-order chi connectivity index (χ0) is 17.6. The summed E-state index contributed by atoms with van der Waals surface area (Å²) in [7, 11) is 0. The van der Waals surface area contributed by atoms with Gasteiger partial charge in [0.05, 0.1) is 17.7 Å². The molecule has 2 atom stereocenters. The van der Waals surface area contributed by atoms with Crippen LogP contribution in [0.4, 0.5) is 0 Å². The number of aliphatic hydroxyl groups is 1. The molecule has 0 amide bonds. The Bertz CT molecular complexity index is 546. The topological polar surface area (TPSA) is 35.9 Å². The molecule has 1 aromatic rings. The van der Waals surface area contributed by atoms with Crippen molar-refractivity contribution < 1.29 is 9.84 Å². The maximum Gasteiger partial charge on any atom is 0.137 e. The lowest BCUT2D eigenvalue weighted by molar-refractivity contribution is -0.0144. The van der Waals surface area contributed by atoms with Crippen molar-refractivity contribution in [1.82, 2.24) is 9.80 Å². The smallest absolute Gasteiger partial charge is 0.137 e. The molecule has 5 heteroatoms. The number of ether oxygens (including phenoxy) is 1. The molecule has 2 saturated heterocycles. The van der Waals surface area contributed by atoms with Crippen LogP contribution >= 0.6 is 11.6 Å². The van der Waals surface area contributed by atoms with E-state index in [9.17, 15) is 5.11 Å². The Morgan fingerprint density at radius 2 is 1.92 bits per heavy atom. The number of likely N-dealkylation sites (tertiary alicyclic amines) is 2. The van der Waals surface area contributed by atoms with Crippen LogP contribution in [0.1, 0.15) is 44.6 Å². The van der Waals surface area contributed by atoms with E-state index < -0.39 is 0 Å². The SMILES string of the molecule is CCOc1ccc(CN2CC[C@@H](N3CCCCCC3)[C@H](O)C2)cc1Cl. The second-order valence-electron chi connectivity index (χ2n) is 7.31. The van der Waals surface area contributed by atoms with Crippen LogP contribution in [0.5, 0.6) is 5.75 Å². The highest BCUT2D eigenvalue weighted by molar-refractivity contribution is 6.32. The number of nitrogens with zero attached hydrogens (tertiary/aromatic N) is 2.